The minimum Gasteiger partial charge on any atom is -0.367 e. The lowest BCUT2D eigenvalue weighted by Gasteiger charge is -2.34. The van der Waals surface area contributed by atoms with Gasteiger partial charge in [-0.2, -0.15) is 13.2 Å². The second kappa shape index (κ2) is 5.70. The molecule has 1 fully saturated rings. The van der Waals surface area contributed by atoms with Gasteiger partial charge in [0.05, 0.1) is 10.8 Å². The van der Waals surface area contributed by atoms with Crippen molar-refractivity contribution in [3.05, 3.63) is 16.4 Å². The zero-order chi connectivity index (χ0) is 15.6. The highest BCUT2D eigenvalue weighted by Crippen LogP contribution is 2.38. The number of anilines is 2. The zero-order valence-corrected chi connectivity index (χ0v) is 11.2. The molecule has 0 aliphatic carbocycles. The molecule has 1 aliphatic rings. The highest BCUT2D eigenvalue weighted by Gasteiger charge is 2.43. The van der Waals surface area contributed by atoms with Gasteiger partial charge < -0.3 is 10.2 Å². The summed E-state index contributed by atoms with van der Waals surface area (Å²) in [5.41, 5.74) is -0.400. The number of aromatic nitrogens is 2. The third-order valence-electron chi connectivity index (χ3n) is 3.41. The lowest BCUT2D eigenvalue weighted by atomic mass is 9.97. The maximum absolute atomic E-state index is 12.8. The standard InChI is InChI=1S/C11H14F3N5O2/c1-15-9-8(19(20)21)10(17-6-16-9)18-4-2-3-7(5-18)11(12,13)14/h6-7H,2-5H2,1H3,(H,15,16,17). The molecule has 1 N–H and O–H groups in total. The highest BCUT2D eigenvalue weighted by molar-refractivity contribution is 5.70. The lowest BCUT2D eigenvalue weighted by molar-refractivity contribution is -0.383. The molecule has 10 heteroatoms. The maximum Gasteiger partial charge on any atom is 0.393 e. The Bertz CT molecular complexity index is 537. The average molecular weight is 305 g/mol. The van der Waals surface area contributed by atoms with Crippen LogP contribution in [-0.4, -0.2) is 41.2 Å². The van der Waals surface area contributed by atoms with Gasteiger partial charge in [-0.25, -0.2) is 9.97 Å². The molecule has 2 rings (SSSR count). The molecule has 21 heavy (non-hydrogen) atoms. The van der Waals surface area contributed by atoms with Crippen LogP contribution in [0.25, 0.3) is 0 Å². The number of alkyl halides is 3. The van der Waals surface area contributed by atoms with Gasteiger partial charge in [0.2, 0.25) is 11.6 Å². The molecule has 0 bridgehead atoms. The van der Waals surface area contributed by atoms with Crippen LogP contribution >= 0.6 is 0 Å². The molecule has 116 valence electrons. The van der Waals surface area contributed by atoms with E-state index < -0.39 is 22.7 Å². The smallest absolute Gasteiger partial charge is 0.367 e. The van der Waals surface area contributed by atoms with Gasteiger partial charge in [-0.3, -0.25) is 10.1 Å². The van der Waals surface area contributed by atoms with Crippen molar-refractivity contribution in [2.45, 2.75) is 19.0 Å². The Balaban J connectivity index is 2.35. The lowest BCUT2D eigenvalue weighted by Crippen LogP contribution is -2.42. The number of nitrogens with one attached hydrogen (secondary N) is 1. The monoisotopic (exact) mass is 305 g/mol. The molecule has 2 heterocycles. The SMILES string of the molecule is CNc1ncnc(N2CCCC(C(F)(F)F)C2)c1[N+](=O)[O-]. The predicted molar refractivity (Wildman–Crippen MR) is 69.2 cm³/mol. The summed E-state index contributed by atoms with van der Waals surface area (Å²) < 4.78 is 38.5. The van der Waals surface area contributed by atoms with Crippen LogP contribution in [0.3, 0.4) is 0 Å². The third-order valence-corrected chi connectivity index (χ3v) is 3.41. The van der Waals surface area contributed by atoms with E-state index in [1.165, 1.54) is 11.9 Å². The van der Waals surface area contributed by atoms with Gasteiger partial charge in [-0.15, -0.1) is 0 Å². The summed E-state index contributed by atoms with van der Waals surface area (Å²) in [5.74, 6) is -1.59. The van der Waals surface area contributed by atoms with E-state index in [1.807, 2.05) is 0 Å². The molecule has 1 saturated heterocycles. The Morgan fingerprint density at radius 1 is 1.48 bits per heavy atom. The van der Waals surface area contributed by atoms with Crippen LogP contribution in [0.4, 0.5) is 30.5 Å². The van der Waals surface area contributed by atoms with Crippen molar-refractivity contribution in [1.82, 2.24) is 9.97 Å². The number of hydrogen-bond donors (Lipinski definition) is 1. The van der Waals surface area contributed by atoms with E-state index in [0.29, 0.717) is 13.0 Å². The summed E-state index contributed by atoms with van der Waals surface area (Å²) in [6.07, 6.45) is -2.88. The van der Waals surface area contributed by atoms with Gasteiger partial charge in [-0.05, 0) is 12.8 Å². The quantitative estimate of drug-likeness (QED) is 0.681. The number of rotatable bonds is 3. The Kier molecular flexibility index (Phi) is 4.14. The van der Waals surface area contributed by atoms with E-state index in [1.54, 1.807) is 0 Å². The summed E-state index contributed by atoms with van der Waals surface area (Å²) in [4.78, 5) is 19.3. The van der Waals surface area contributed by atoms with Crippen molar-refractivity contribution in [1.29, 1.82) is 0 Å². The van der Waals surface area contributed by atoms with Crippen molar-refractivity contribution < 1.29 is 18.1 Å². The fourth-order valence-electron chi connectivity index (χ4n) is 2.39. The Morgan fingerprint density at radius 3 is 2.76 bits per heavy atom. The number of nitrogens with zero attached hydrogens (tertiary/aromatic N) is 4. The maximum atomic E-state index is 12.8. The number of hydrogen-bond acceptors (Lipinski definition) is 6. The Hall–Kier alpha value is -2.13. The second-order valence-corrected chi connectivity index (χ2v) is 4.73. The summed E-state index contributed by atoms with van der Waals surface area (Å²) in [5, 5.41) is 13.7. The van der Waals surface area contributed by atoms with Crippen LogP contribution in [-0.2, 0) is 0 Å². The van der Waals surface area contributed by atoms with Gasteiger partial charge in [0.1, 0.15) is 6.33 Å². The molecule has 1 unspecified atom stereocenters. The molecular formula is C11H14F3N5O2. The van der Waals surface area contributed by atoms with Crippen molar-refractivity contribution >= 4 is 17.3 Å². The number of nitro groups is 1. The minimum absolute atomic E-state index is 0.0147. The van der Waals surface area contributed by atoms with Gasteiger partial charge in [0.25, 0.3) is 0 Å². The van der Waals surface area contributed by atoms with E-state index in [-0.39, 0.29) is 24.6 Å². The molecule has 0 saturated carbocycles. The molecule has 1 aliphatic heterocycles. The Labute approximate surface area is 118 Å². The summed E-state index contributed by atoms with van der Waals surface area (Å²) in [6, 6.07) is 0. The molecule has 0 spiro atoms. The average Bonchev–Trinajstić information content (AvgIpc) is 2.45. The van der Waals surface area contributed by atoms with E-state index in [0.717, 1.165) is 6.33 Å². The van der Waals surface area contributed by atoms with Gasteiger partial charge >= 0.3 is 11.9 Å². The van der Waals surface area contributed by atoms with Crippen LogP contribution in [0.5, 0.6) is 0 Å². The van der Waals surface area contributed by atoms with E-state index in [4.69, 9.17) is 0 Å². The number of halogens is 3. The van der Waals surface area contributed by atoms with E-state index >= 15 is 0 Å². The van der Waals surface area contributed by atoms with Crippen molar-refractivity contribution in [2.75, 3.05) is 30.4 Å². The normalized spacial score (nSPS) is 19.4. The molecule has 1 aromatic heterocycles. The highest BCUT2D eigenvalue weighted by atomic mass is 19.4. The first kappa shape index (κ1) is 15.3. The molecule has 1 atom stereocenters. The minimum atomic E-state index is -4.31. The van der Waals surface area contributed by atoms with Crippen molar-refractivity contribution in [2.24, 2.45) is 5.92 Å². The first-order valence-electron chi connectivity index (χ1n) is 6.33. The molecule has 7 nitrogen and oxygen atoms in total. The van der Waals surface area contributed by atoms with Gasteiger partial charge in [0.15, 0.2) is 0 Å². The predicted octanol–water partition coefficient (Wildman–Crippen LogP) is 2.21. The summed E-state index contributed by atoms with van der Waals surface area (Å²) in [7, 11) is 1.45. The molecule has 0 aromatic carbocycles. The van der Waals surface area contributed by atoms with Crippen LogP contribution < -0.4 is 10.2 Å². The van der Waals surface area contributed by atoms with Crippen LogP contribution in [0.15, 0.2) is 6.33 Å². The van der Waals surface area contributed by atoms with Crippen LogP contribution in [0.2, 0.25) is 0 Å². The molecule has 1 aromatic rings. The third kappa shape index (κ3) is 3.14. The van der Waals surface area contributed by atoms with E-state index in [9.17, 15) is 23.3 Å². The molecular weight excluding hydrogens is 291 g/mol. The fraction of sp³-hybridized carbons (Fsp3) is 0.636. The second-order valence-electron chi connectivity index (χ2n) is 4.73. The summed E-state index contributed by atoms with van der Waals surface area (Å²) in [6.45, 7) is -0.0297. The largest absolute Gasteiger partial charge is 0.393 e. The molecule has 0 radical (unpaired) electrons. The van der Waals surface area contributed by atoms with E-state index in [2.05, 4.69) is 15.3 Å². The van der Waals surface area contributed by atoms with Crippen molar-refractivity contribution in [3.63, 3.8) is 0 Å². The first-order chi connectivity index (χ1) is 9.84. The van der Waals surface area contributed by atoms with Crippen LogP contribution in [0, 0.1) is 16.0 Å². The van der Waals surface area contributed by atoms with Gasteiger partial charge in [-0.1, -0.05) is 0 Å². The van der Waals surface area contributed by atoms with Crippen molar-refractivity contribution in [3.8, 4) is 0 Å². The zero-order valence-electron chi connectivity index (χ0n) is 11.2. The topological polar surface area (TPSA) is 84.2 Å². The Morgan fingerprint density at radius 2 is 2.19 bits per heavy atom. The molecule has 0 amide bonds. The first-order valence-corrected chi connectivity index (χ1v) is 6.33. The fourth-order valence-corrected chi connectivity index (χ4v) is 2.39. The van der Waals surface area contributed by atoms with Gasteiger partial charge in [0, 0.05) is 20.1 Å². The van der Waals surface area contributed by atoms with Crippen LogP contribution in [0.1, 0.15) is 12.8 Å². The summed E-state index contributed by atoms with van der Waals surface area (Å²) >= 11 is 0. The number of piperidine rings is 1.